The molecule has 1 amide bonds. The summed E-state index contributed by atoms with van der Waals surface area (Å²) in [7, 11) is 0. The maximum Gasteiger partial charge on any atom is 0.251 e. The van der Waals surface area contributed by atoms with Gasteiger partial charge in [-0.3, -0.25) is 9.69 Å². The average molecular weight is 369 g/mol. The molecule has 0 saturated carbocycles. The van der Waals surface area contributed by atoms with E-state index < -0.39 is 0 Å². The molecule has 2 aromatic carbocycles. The Morgan fingerprint density at radius 1 is 1.12 bits per heavy atom. The minimum absolute atomic E-state index is 0.137. The predicted octanol–water partition coefficient (Wildman–Crippen LogP) is 2.76. The molecule has 0 atom stereocenters. The van der Waals surface area contributed by atoms with Gasteiger partial charge >= 0.3 is 0 Å². The number of piperazine rings is 1. The quantitative estimate of drug-likeness (QED) is 0.881. The smallest absolute Gasteiger partial charge is 0.251 e. The first kappa shape index (κ1) is 18.2. The van der Waals surface area contributed by atoms with Crippen molar-refractivity contribution in [1.82, 2.24) is 10.2 Å². The molecular formula is C20H21ClN4O. The molecule has 1 saturated heterocycles. The van der Waals surface area contributed by atoms with Crippen LogP contribution in [0.4, 0.5) is 5.69 Å². The summed E-state index contributed by atoms with van der Waals surface area (Å²) < 4.78 is 0. The molecule has 1 fully saturated rings. The number of amides is 1. The van der Waals surface area contributed by atoms with Crippen molar-refractivity contribution < 1.29 is 4.79 Å². The molecule has 0 unspecified atom stereocenters. The second kappa shape index (κ2) is 8.70. The first-order valence-electron chi connectivity index (χ1n) is 8.67. The third kappa shape index (κ3) is 4.75. The van der Waals surface area contributed by atoms with Gasteiger partial charge in [-0.25, -0.2) is 0 Å². The molecule has 134 valence electrons. The molecule has 5 nitrogen and oxygen atoms in total. The maximum absolute atomic E-state index is 12.2. The minimum atomic E-state index is -0.137. The molecular weight excluding hydrogens is 348 g/mol. The zero-order chi connectivity index (χ0) is 18.4. The zero-order valence-corrected chi connectivity index (χ0v) is 15.2. The van der Waals surface area contributed by atoms with Gasteiger partial charge in [-0.15, -0.1) is 0 Å². The van der Waals surface area contributed by atoms with Gasteiger partial charge in [0.2, 0.25) is 0 Å². The van der Waals surface area contributed by atoms with Gasteiger partial charge in [0.15, 0.2) is 0 Å². The lowest BCUT2D eigenvalue weighted by atomic mass is 10.1. The first-order chi connectivity index (χ1) is 12.7. The van der Waals surface area contributed by atoms with Crippen molar-refractivity contribution in [3.8, 4) is 6.07 Å². The zero-order valence-electron chi connectivity index (χ0n) is 14.5. The Morgan fingerprint density at radius 2 is 1.85 bits per heavy atom. The highest BCUT2D eigenvalue weighted by Crippen LogP contribution is 2.19. The molecule has 0 bridgehead atoms. The van der Waals surface area contributed by atoms with Gasteiger partial charge in [-0.2, -0.15) is 5.26 Å². The lowest BCUT2D eigenvalue weighted by molar-refractivity contribution is 0.0947. The van der Waals surface area contributed by atoms with E-state index in [1.165, 1.54) is 5.69 Å². The number of carbonyl (C=O) groups excluding carboxylic acids is 1. The largest absolute Gasteiger partial charge is 0.369 e. The van der Waals surface area contributed by atoms with Crippen molar-refractivity contribution in [2.45, 2.75) is 0 Å². The number of anilines is 1. The van der Waals surface area contributed by atoms with Crippen molar-refractivity contribution in [3.05, 3.63) is 64.7 Å². The number of benzene rings is 2. The van der Waals surface area contributed by atoms with Gasteiger partial charge in [-0.1, -0.05) is 17.7 Å². The highest BCUT2D eigenvalue weighted by atomic mass is 35.5. The van der Waals surface area contributed by atoms with Crippen LogP contribution >= 0.6 is 11.6 Å². The normalized spacial score (nSPS) is 14.7. The Labute approximate surface area is 158 Å². The van der Waals surface area contributed by atoms with Crippen LogP contribution in [-0.4, -0.2) is 50.1 Å². The number of nitrogens with one attached hydrogen (secondary N) is 1. The standard InChI is InChI=1S/C20H21ClN4O/c21-18-4-6-19(7-5-18)25-12-10-24(11-13-25)9-8-23-20(26)17-3-1-2-16(14-17)15-22/h1-7,14H,8-13H2,(H,23,26). The average Bonchev–Trinajstić information content (AvgIpc) is 2.69. The summed E-state index contributed by atoms with van der Waals surface area (Å²) >= 11 is 5.94. The van der Waals surface area contributed by atoms with Crippen LogP contribution in [0.5, 0.6) is 0 Å². The Kier molecular flexibility index (Phi) is 6.11. The lowest BCUT2D eigenvalue weighted by Crippen LogP contribution is -2.48. The summed E-state index contributed by atoms with van der Waals surface area (Å²) in [6.45, 7) is 5.25. The van der Waals surface area contributed by atoms with Crippen molar-refractivity contribution in [1.29, 1.82) is 5.26 Å². The summed E-state index contributed by atoms with van der Waals surface area (Å²) in [5.74, 6) is -0.137. The molecule has 26 heavy (non-hydrogen) atoms. The molecule has 3 rings (SSSR count). The van der Waals surface area contributed by atoms with E-state index in [2.05, 4.69) is 21.2 Å². The summed E-state index contributed by atoms with van der Waals surface area (Å²) in [6.07, 6.45) is 0. The minimum Gasteiger partial charge on any atom is -0.369 e. The number of carbonyl (C=O) groups is 1. The van der Waals surface area contributed by atoms with Crippen molar-refractivity contribution in [2.75, 3.05) is 44.2 Å². The molecule has 1 aliphatic rings. The lowest BCUT2D eigenvalue weighted by Gasteiger charge is -2.36. The molecule has 1 aliphatic heterocycles. The number of hydrogen-bond donors (Lipinski definition) is 1. The van der Waals surface area contributed by atoms with Gasteiger partial charge in [0.05, 0.1) is 11.6 Å². The molecule has 0 aliphatic carbocycles. The first-order valence-corrected chi connectivity index (χ1v) is 9.05. The third-order valence-electron chi connectivity index (χ3n) is 4.53. The number of rotatable bonds is 5. The molecule has 1 heterocycles. The fourth-order valence-corrected chi connectivity index (χ4v) is 3.17. The van der Waals surface area contributed by atoms with Gasteiger partial charge in [0.1, 0.15) is 0 Å². The van der Waals surface area contributed by atoms with Gasteiger partial charge in [0.25, 0.3) is 5.91 Å². The maximum atomic E-state index is 12.2. The third-order valence-corrected chi connectivity index (χ3v) is 4.78. The van der Waals surface area contributed by atoms with Gasteiger partial charge in [0, 0.05) is 55.5 Å². The number of nitriles is 1. The number of halogens is 1. The number of nitrogens with zero attached hydrogens (tertiary/aromatic N) is 3. The summed E-state index contributed by atoms with van der Waals surface area (Å²) in [6, 6.07) is 16.7. The topological polar surface area (TPSA) is 59.4 Å². The van der Waals surface area contributed by atoms with Crippen LogP contribution in [0.1, 0.15) is 15.9 Å². The Bertz CT molecular complexity index is 792. The molecule has 2 aromatic rings. The Morgan fingerprint density at radius 3 is 2.54 bits per heavy atom. The summed E-state index contributed by atoms with van der Waals surface area (Å²) in [5.41, 5.74) is 2.22. The highest BCUT2D eigenvalue weighted by Gasteiger charge is 2.17. The predicted molar refractivity (Wildman–Crippen MR) is 104 cm³/mol. The van der Waals surface area contributed by atoms with Crippen LogP contribution in [0.15, 0.2) is 48.5 Å². The van der Waals surface area contributed by atoms with Crippen LogP contribution in [0, 0.1) is 11.3 Å². The number of hydrogen-bond acceptors (Lipinski definition) is 4. The van der Waals surface area contributed by atoms with Gasteiger partial charge < -0.3 is 10.2 Å². The monoisotopic (exact) mass is 368 g/mol. The SMILES string of the molecule is N#Cc1cccc(C(=O)NCCN2CCN(c3ccc(Cl)cc3)CC2)c1. The Hall–Kier alpha value is -2.55. The van der Waals surface area contributed by atoms with Gasteiger partial charge in [-0.05, 0) is 42.5 Å². The molecule has 1 N–H and O–H groups in total. The van der Waals surface area contributed by atoms with E-state index in [-0.39, 0.29) is 5.91 Å². The van der Waals surface area contributed by atoms with E-state index >= 15 is 0 Å². The van der Waals surface area contributed by atoms with E-state index in [9.17, 15) is 4.79 Å². The molecule has 0 radical (unpaired) electrons. The van der Waals surface area contributed by atoms with Crippen LogP contribution in [0.3, 0.4) is 0 Å². The Balaban J connectivity index is 1.42. The summed E-state index contributed by atoms with van der Waals surface area (Å²) in [4.78, 5) is 16.9. The van der Waals surface area contributed by atoms with Crippen LogP contribution in [0.25, 0.3) is 0 Å². The van der Waals surface area contributed by atoms with Crippen molar-refractivity contribution in [3.63, 3.8) is 0 Å². The molecule has 6 heteroatoms. The van der Waals surface area contributed by atoms with E-state index in [0.717, 1.165) is 37.7 Å². The van der Waals surface area contributed by atoms with Crippen LogP contribution in [0.2, 0.25) is 5.02 Å². The molecule has 0 spiro atoms. The second-order valence-corrected chi connectivity index (χ2v) is 6.69. The summed E-state index contributed by atoms with van der Waals surface area (Å²) in [5, 5.41) is 12.6. The van der Waals surface area contributed by atoms with Crippen LogP contribution in [-0.2, 0) is 0 Å². The van der Waals surface area contributed by atoms with Crippen molar-refractivity contribution in [2.24, 2.45) is 0 Å². The fourth-order valence-electron chi connectivity index (χ4n) is 3.04. The van der Waals surface area contributed by atoms with E-state index in [1.54, 1.807) is 24.3 Å². The molecule has 0 aromatic heterocycles. The fraction of sp³-hybridized carbons (Fsp3) is 0.300. The van der Waals surface area contributed by atoms with E-state index in [0.29, 0.717) is 17.7 Å². The second-order valence-electron chi connectivity index (χ2n) is 6.25. The van der Waals surface area contributed by atoms with Crippen molar-refractivity contribution >= 4 is 23.2 Å². The van der Waals surface area contributed by atoms with E-state index in [1.807, 2.05) is 24.3 Å². The highest BCUT2D eigenvalue weighted by molar-refractivity contribution is 6.30. The van der Waals surface area contributed by atoms with E-state index in [4.69, 9.17) is 16.9 Å². The van der Waals surface area contributed by atoms with Crippen LogP contribution < -0.4 is 10.2 Å².